The molecule has 0 aliphatic rings. The van der Waals surface area contributed by atoms with E-state index in [2.05, 4.69) is 0 Å². The summed E-state index contributed by atoms with van der Waals surface area (Å²) in [6.07, 6.45) is 0. The van der Waals surface area contributed by atoms with Crippen LogP contribution in [-0.2, 0) is 4.79 Å². The first-order chi connectivity index (χ1) is 10.6. The molecule has 0 saturated heterocycles. The van der Waals surface area contributed by atoms with Crippen molar-refractivity contribution in [3.8, 4) is 0 Å². The fourth-order valence-corrected chi connectivity index (χ4v) is 2.35. The lowest BCUT2D eigenvalue weighted by Crippen LogP contribution is -2.19. The number of carbonyl (C=O) groups excluding carboxylic acids is 2. The molecular formula is C18H15NO3. The van der Waals surface area contributed by atoms with Crippen LogP contribution in [0.4, 0.5) is 0 Å². The van der Waals surface area contributed by atoms with E-state index in [0.29, 0.717) is 11.1 Å². The first kappa shape index (κ1) is 14.1. The summed E-state index contributed by atoms with van der Waals surface area (Å²) in [5, 5.41) is 0.882. The maximum Gasteiger partial charge on any atom is 0.228 e. The highest BCUT2D eigenvalue weighted by Gasteiger charge is 2.17. The van der Waals surface area contributed by atoms with Gasteiger partial charge in [-0.2, -0.15) is 0 Å². The number of amides is 1. The van der Waals surface area contributed by atoms with Crippen molar-refractivity contribution in [2.24, 2.45) is 5.73 Å². The fraction of sp³-hybridized carbons (Fsp3) is 0.111. The van der Waals surface area contributed by atoms with E-state index in [1.165, 1.54) is 0 Å². The standard InChI is InChI=1S/C18H15NO3/c1-11(18(19)21)12-6-4-7-14(9-12)17(20)16-10-13-5-2-3-8-15(13)22-16/h2-11H,1H3,(H2,19,21). The average Bonchev–Trinajstić information content (AvgIpc) is 2.97. The molecule has 2 aromatic carbocycles. The van der Waals surface area contributed by atoms with Gasteiger partial charge in [-0.05, 0) is 30.7 Å². The van der Waals surface area contributed by atoms with Crippen molar-refractivity contribution >= 4 is 22.7 Å². The van der Waals surface area contributed by atoms with Gasteiger partial charge in [0.1, 0.15) is 5.58 Å². The molecule has 0 aliphatic carbocycles. The molecule has 0 saturated carbocycles. The van der Waals surface area contributed by atoms with Crippen LogP contribution in [0.2, 0.25) is 0 Å². The Morgan fingerprint density at radius 2 is 1.82 bits per heavy atom. The van der Waals surface area contributed by atoms with Gasteiger partial charge < -0.3 is 10.2 Å². The largest absolute Gasteiger partial charge is 0.453 e. The lowest BCUT2D eigenvalue weighted by atomic mass is 9.97. The molecule has 1 atom stereocenters. The molecule has 3 rings (SSSR count). The molecule has 0 aliphatic heterocycles. The maximum absolute atomic E-state index is 12.6. The maximum atomic E-state index is 12.6. The molecule has 0 radical (unpaired) electrons. The zero-order valence-corrected chi connectivity index (χ0v) is 12.1. The highest BCUT2D eigenvalue weighted by molar-refractivity contribution is 6.09. The summed E-state index contributed by atoms with van der Waals surface area (Å²) < 4.78 is 5.59. The lowest BCUT2D eigenvalue weighted by Gasteiger charge is -2.08. The number of para-hydroxylation sites is 1. The van der Waals surface area contributed by atoms with Crippen molar-refractivity contribution in [1.29, 1.82) is 0 Å². The van der Waals surface area contributed by atoms with E-state index in [0.717, 1.165) is 10.9 Å². The van der Waals surface area contributed by atoms with Crippen molar-refractivity contribution < 1.29 is 14.0 Å². The minimum absolute atomic E-state index is 0.213. The van der Waals surface area contributed by atoms with E-state index in [-0.39, 0.29) is 11.5 Å². The van der Waals surface area contributed by atoms with Crippen LogP contribution in [0.15, 0.2) is 59.0 Å². The molecule has 2 N–H and O–H groups in total. The second kappa shape index (κ2) is 5.48. The van der Waals surface area contributed by atoms with E-state index >= 15 is 0 Å². The Bertz CT molecular complexity index is 830. The topological polar surface area (TPSA) is 73.3 Å². The third kappa shape index (κ3) is 2.51. The predicted octanol–water partition coefficient (Wildman–Crippen LogP) is 3.25. The number of furan rings is 1. The van der Waals surface area contributed by atoms with Crippen molar-refractivity contribution in [2.75, 3.05) is 0 Å². The molecule has 3 aromatic rings. The Morgan fingerprint density at radius 3 is 2.55 bits per heavy atom. The van der Waals surface area contributed by atoms with E-state index < -0.39 is 11.8 Å². The molecule has 1 amide bonds. The molecule has 110 valence electrons. The molecule has 0 bridgehead atoms. The van der Waals surface area contributed by atoms with Gasteiger partial charge in [0.2, 0.25) is 11.7 Å². The number of fused-ring (bicyclic) bond motifs is 1. The molecular weight excluding hydrogens is 278 g/mol. The van der Waals surface area contributed by atoms with Crippen molar-refractivity contribution in [3.05, 3.63) is 71.5 Å². The third-order valence-corrected chi connectivity index (χ3v) is 3.72. The number of primary amides is 1. The minimum Gasteiger partial charge on any atom is -0.453 e. The number of hydrogen-bond donors (Lipinski definition) is 1. The van der Waals surface area contributed by atoms with E-state index in [4.69, 9.17) is 10.2 Å². The fourth-order valence-electron chi connectivity index (χ4n) is 2.35. The first-order valence-electron chi connectivity index (χ1n) is 6.99. The Kier molecular flexibility index (Phi) is 3.51. The zero-order valence-electron chi connectivity index (χ0n) is 12.1. The summed E-state index contributed by atoms with van der Waals surface area (Å²) in [6.45, 7) is 1.72. The van der Waals surface area contributed by atoms with Gasteiger partial charge >= 0.3 is 0 Å². The number of rotatable bonds is 4. The van der Waals surface area contributed by atoms with Crippen LogP contribution in [-0.4, -0.2) is 11.7 Å². The SMILES string of the molecule is CC(C(N)=O)c1cccc(C(=O)c2cc3ccccc3o2)c1. The smallest absolute Gasteiger partial charge is 0.228 e. The van der Waals surface area contributed by atoms with Gasteiger partial charge in [0.25, 0.3) is 0 Å². The summed E-state index contributed by atoms with van der Waals surface area (Å²) in [5.74, 6) is -0.795. The highest BCUT2D eigenvalue weighted by Crippen LogP contribution is 2.23. The molecule has 0 spiro atoms. The summed E-state index contributed by atoms with van der Waals surface area (Å²) >= 11 is 0. The lowest BCUT2D eigenvalue weighted by molar-refractivity contribution is -0.119. The van der Waals surface area contributed by atoms with Crippen LogP contribution in [0.25, 0.3) is 11.0 Å². The first-order valence-corrected chi connectivity index (χ1v) is 6.99. The van der Waals surface area contributed by atoms with Gasteiger partial charge in [0.05, 0.1) is 5.92 Å². The molecule has 1 heterocycles. The molecule has 4 heteroatoms. The number of ketones is 1. The zero-order chi connectivity index (χ0) is 15.7. The second-order valence-electron chi connectivity index (χ2n) is 5.23. The Balaban J connectivity index is 1.98. The number of carbonyl (C=O) groups is 2. The quantitative estimate of drug-likeness (QED) is 0.750. The second-order valence-corrected chi connectivity index (χ2v) is 5.23. The Labute approximate surface area is 127 Å². The third-order valence-electron chi connectivity index (χ3n) is 3.72. The van der Waals surface area contributed by atoms with Gasteiger partial charge in [-0.3, -0.25) is 9.59 Å². The van der Waals surface area contributed by atoms with Crippen molar-refractivity contribution in [2.45, 2.75) is 12.8 Å². The van der Waals surface area contributed by atoms with E-state index in [1.54, 1.807) is 37.3 Å². The van der Waals surface area contributed by atoms with Gasteiger partial charge in [0.15, 0.2) is 5.76 Å². The summed E-state index contributed by atoms with van der Waals surface area (Å²) in [4.78, 5) is 23.8. The van der Waals surface area contributed by atoms with E-state index in [1.807, 2.05) is 24.3 Å². The van der Waals surface area contributed by atoms with Gasteiger partial charge in [-0.1, -0.05) is 36.4 Å². The summed E-state index contributed by atoms with van der Waals surface area (Å²) in [7, 11) is 0. The van der Waals surface area contributed by atoms with Crippen molar-refractivity contribution in [1.82, 2.24) is 0 Å². The number of benzene rings is 2. The van der Waals surface area contributed by atoms with Crippen molar-refractivity contribution in [3.63, 3.8) is 0 Å². The predicted molar refractivity (Wildman–Crippen MR) is 83.7 cm³/mol. The van der Waals surface area contributed by atoms with Gasteiger partial charge in [-0.15, -0.1) is 0 Å². The number of nitrogens with two attached hydrogens (primary N) is 1. The van der Waals surface area contributed by atoms with E-state index in [9.17, 15) is 9.59 Å². The van der Waals surface area contributed by atoms with Crippen LogP contribution in [0.3, 0.4) is 0 Å². The average molecular weight is 293 g/mol. The van der Waals surface area contributed by atoms with Gasteiger partial charge in [0, 0.05) is 10.9 Å². The molecule has 1 unspecified atom stereocenters. The molecule has 4 nitrogen and oxygen atoms in total. The molecule has 0 fully saturated rings. The Hall–Kier alpha value is -2.88. The Morgan fingerprint density at radius 1 is 1.05 bits per heavy atom. The minimum atomic E-state index is -0.441. The normalized spacial score (nSPS) is 12.2. The highest BCUT2D eigenvalue weighted by atomic mass is 16.3. The van der Waals surface area contributed by atoms with Crippen LogP contribution in [0.5, 0.6) is 0 Å². The van der Waals surface area contributed by atoms with Crippen LogP contribution < -0.4 is 5.73 Å². The molecule has 1 aromatic heterocycles. The monoisotopic (exact) mass is 293 g/mol. The van der Waals surface area contributed by atoms with Gasteiger partial charge in [-0.25, -0.2) is 0 Å². The summed E-state index contributed by atoms with van der Waals surface area (Å²) in [5.41, 5.74) is 7.18. The number of hydrogen-bond acceptors (Lipinski definition) is 3. The summed E-state index contributed by atoms with van der Waals surface area (Å²) in [6, 6.07) is 16.1. The van der Waals surface area contributed by atoms with Crippen LogP contribution in [0.1, 0.15) is 34.5 Å². The molecule has 22 heavy (non-hydrogen) atoms. The van der Waals surface area contributed by atoms with Crippen LogP contribution in [0, 0.1) is 0 Å². The van der Waals surface area contributed by atoms with Crippen LogP contribution >= 0.6 is 0 Å².